The molecular formula is C19H16S2. The minimum Gasteiger partial charge on any atom is -0.143 e. The van der Waals surface area contributed by atoms with Gasteiger partial charge in [0.1, 0.15) is 0 Å². The molecule has 0 amide bonds. The lowest BCUT2D eigenvalue weighted by Gasteiger charge is -2.11. The molecule has 0 heterocycles. The summed E-state index contributed by atoms with van der Waals surface area (Å²) < 4.78 is 0. The Morgan fingerprint density at radius 1 is 0.667 bits per heavy atom. The monoisotopic (exact) mass is 308 g/mol. The molecule has 0 unspecified atom stereocenters. The number of rotatable bonds is 2. The van der Waals surface area contributed by atoms with Crippen LogP contribution in [0.25, 0.3) is 22.3 Å². The van der Waals surface area contributed by atoms with Crippen LogP contribution in [0.2, 0.25) is 0 Å². The van der Waals surface area contributed by atoms with Gasteiger partial charge in [-0.25, -0.2) is 0 Å². The zero-order chi connectivity index (χ0) is 14.8. The SMILES string of the molecule is Cc1ccccc1-c1cc(-c2ccc(S)cc2)ccc1S. The maximum Gasteiger partial charge on any atom is 0.0119 e. The molecule has 3 aromatic rings. The summed E-state index contributed by atoms with van der Waals surface area (Å²) in [7, 11) is 0. The number of hydrogen-bond donors (Lipinski definition) is 2. The molecular weight excluding hydrogens is 292 g/mol. The summed E-state index contributed by atoms with van der Waals surface area (Å²) in [5, 5.41) is 0. The fourth-order valence-corrected chi connectivity index (χ4v) is 2.87. The number of thiol groups is 2. The predicted octanol–water partition coefficient (Wildman–Crippen LogP) is 5.91. The molecule has 0 saturated heterocycles. The second-order valence-corrected chi connectivity index (χ2v) is 6.09. The lowest BCUT2D eigenvalue weighted by Crippen LogP contribution is -1.86. The van der Waals surface area contributed by atoms with Crippen molar-refractivity contribution in [3.63, 3.8) is 0 Å². The molecule has 0 aliphatic rings. The van der Waals surface area contributed by atoms with Gasteiger partial charge in [0.15, 0.2) is 0 Å². The predicted molar refractivity (Wildman–Crippen MR) is 96.6 cm³/mol. The van der Waals surface area contributed by atoms with Gasteiger partial charge in [-0.1, -0.05) is 42.5 Å². The Balaban J connectivity index is 2.13. The minimum absolute atomic E-state index is 0.976. The van der Waals surface area contributed by atoms with Crippen LogP contribution in [0.3, 0.4) is 0 Å². The summed E-state index contributed by atoms with van der Waals surface area (Å²) in [6, 6.07) is 23.0. The van der Waals surface area contributed by atoms with Crippen LogP contribution in [0.4, 0.5) is 0 Å². The Hall–Kier alpha value is -1.64. The van der Waals surface area contributed by atoms with Gasteiger partial charge in [-0.15, -0.1) is 25.3 Å². The molecule has 3 aromatic carbocycles. The molecule has 0 fully saturated rings. The van der Waals surface area contributed by atoms with Crippen LogP contribution in [0, 0.1) is 6.92 Å². The van der Waals surface area contributed by atoms with Gasteiger partial charge in [-0.2, -0.15) is 0 Å². The Kier molecular flexibility index (Phi) is 4.09. The molecule has 0 N–H and O–H groups in total. The van der Waals surface area contributed by atoms with E-state index in [-0.39, 0.29) is 0 Å². The number of aryl methyl sites for hydroxylation is 1. The fraction of sp³-hybridized carbons (Fsp3) is 0.0526. The molecule has 0 aromatic heterocycles. The quantitative estimate of drug-likeness (QED) is 0.540. The summed E-state index contributed by atoms with van der Waals surface area (Å²) in [4.78, 5) is 1.97. The van der Waals surface area contributed by atoms with Crippen molar-refractivity contribution >= 4 is 25.3 Å². The molecule has 0 aliphatic carbocycles. The van der Waals surface area contributed by atoms with E-state index in [1.165, 1.54) is 27.8 Å². The molecule has 104 valence electrons. The maximum absolute atomic E-state index is 4.62. The first-order valence-corrected chi connectivity index (χ1v) is 7.73. The maximum atomic E-state index is 4.62. The zero-order valence-corrected chi connectivity index (χ0v) is 13.5. The summed E-state index contributed by atoms with van der Waals surface area (Å²) in [6.07, 6.45) is 0. The van der Waals surface area contributed by atoms with E-state index in [4.69, 9.17) is 0 Å². The summed E-state index contributed by atoms with van der Waals surface area (Å²) in [5.74, 6) is 0. The number of hydrogen-bond acceptors (Lipinski definition) is 2. The van der Waals surface area contributed by atoms with Crippen molar-refractivity contribution in [1.82, 2.24) is 0 Å². The Labute approximate surface area is 136 Å². The van der Waals surface area contributed by atoms with Crippen molar-refractivity contribution in [2.75, 3.05) is 0 Å². The molecule has 0 nitrogen and oxygen atoms in total. The first kappa shape index (κ1) is 14.3. The smallest absolute Gasteiger partial charge is 0.0119 e. The fourth-order valence-electron chi connectivity index (χ4n) is 2.46. The molecule has 0 saturated carbocycles. The van der Waals surface area contributed by atoms with Crippen LogP contribution < -0.4 is 0 Å². The third-order valence-electron chi connectivity index (χ3n) is 3.63. The van der Waals surface area contributed by atoms with E-state index in [1.807, 2.05) is 12.1 Å². The van der Waals surface area contributed by atoms with Gasteiger partial charge in [-0.3, -0.25) is 0 Å². The first-order valence-electron chi connectivity index (χ1n) is 6.83. The average Bonchev–Trinajstić information content (AvgIpc) is 2.50. The standard InChI is InChI=1S/C19H16S2/c1-13-4-2-3-5-17(13)18-12-15(8-11-19(18)21)14-6-9-16(20)10-7-14/h2-12,20-21H,1H3. The highest BCUT2D eigenvalue weighted by Crippen LogP contribution is 2.33. The van der Waals surface area contributed by atoms with Crippen LogP contribution in [0.15, 0.2) is 76.5 Å². The highest BCUT2D eigenvalue weighted by molar-refractivity contribution is 7.80. The van der Waals surface area contributed by atoms with Gasteiger partial charge in [0.05, 0.1) is 0 Å². The van der Waals surface area contributed by atoms with E-state index in [2.05, 4.69) is 86.8 Å². The topological polar surface area (TPSA) is 0 Å². The van der Waals surface area contributed by atoms with Crippen molar-refractivity contribution < 1.29 is 0 Å². The van der Waals surface area contributed by atoms with Gasteiger partial charge in [0, 0.05) is 9.79 Å². The second-order valence-electron chi connectivity index (χ2n) is 5.09. The van der Waals surface area contributed by atoms with E-state index in [1.54, 1.807) is 0 Å². The van der Waals surface area contributed by atoms with Gasteiger partial charge in [0.25, 0.3) is 0 Å². The van der Waals surface area contributed by atoms with E-state index in [0.29, 0.717) is 0 Å². The van der Waals surface area contributed by atoms with Crippen LogP contribution in [-0.2, 0) is 0 Å². The van der Waals surface area contributed by atoms with Gasteiger partial charge in [0.2, 0.25) is 0 Å². The minimum atomic E-state index is 0.976. The van der Waals surface area contributed by atoms with Crippen molar-refractivity contribution in [3.8, 4) is 22.3 Å². The second kappa shape index (κ2) is 6.00. The van der Waals surface area contributed by atoms with Gasteiger partial charge < -0.3 is 0 Å². The van der Waals surface area contributed by atoms with Crippen molar-refractivity contribution in [2.24, 2.45) is 0 Å². The lowest BCUT2D eigenvalue weighted by atomic mass is 9.96. The average molecular weight is 308 g/mol. The zero-order valence-electron chi connectivity index (χ0n) is 11.7. The normalized spacial score (nSPS) is 10.6. The van der Waals surface area contributed by atoms with Gasteiger partial charge >= 0.3 is 0 Å². The van der Waals surface area contributed by atoms with E-state index >= 15 is 0 Å². The molecule has 0 atom stereocenters. The van der Waals surface area contributed by atoms with Crippen LogP contribution in [0.1, 0.15) is 5.56 Å². The molecule has 0 aliphatic heterocycles. The van der Waals surface area contributed by atoms with E-state index in [0.717, 1.165) is 9.79 Å². The van der Waals surface area contributed by atoms with E-state index < -0.39 is 0 Å². The summed E-state index contributed by atoms with van der Waals surface area (Å²) in [6.45, 7) is 2.13. The van der Waals surface area contributed by atoms with Crippen LogP contribution >= 0.6 is 25.3 Å². The Morgan fingerprint density at radius 2 is 1.33 bits per heavy atom. The summed E-state index contributed by atoms with van der Waals surface area (Å²) >= 11 is 8.96. The third kappa shape index (κ3) is 3.02. The molecule has 2 heteroatoms. The molecule has 0 bridgehead atoms. The lowest BCUT2D eigenvalue weighted by molar-refractivity contribution is 1.39. The Bertz CT molecular complexity index is 774. The molecule has 21 heavy (non-hydrogen) atoms. The summed E-state index contributed by atoms with van der Waals surface area (Å²) in [5.41, 5.74) is 6.05. The Morgan fingerprint density at radius 3 is 2.05 bits per heavy atom. The molecule has 3 rings (SSSR count). The number of benzene rings is 3. The highest BCUT2D eigenvalue weighted by atomic mass is 32.1. The molecule has 0 radical (unpaired) electrons. The molecule has 0 spiro atoms. The van der Waals surface area contributed by atoms with Crippen LogP contribution in [-0.4, -0.2) is 0 Å². The van der Waals surface area contributed by atoms with E-state index in [9.17, 15) is 0 Å². The van der Waals surface area contributed by atoms with Crippen LogP contribution in [0.5, 0.6) is 0 Å². The first-order chi connectivity index (χ1) is 10.1. The van der Waals surface area contributed by atoms with Crippen molar-refractivity contribution in [2.45, 2.75) is 16.7 Å². The highest BCUT2D eigenvalue weighted by Gasteiger charge is 2.07. The largest absolute Gasteiger partial charge is 0.143 e. The van der Waals surface area contributed by atoms with Gasteiger partial charge in [-0.05, 0) is 59.0 Å². The van der Waals surface area contributed by atoms with Crippen molar-refractivity contribution in [3.05, 3.63) is 72.3 Å². The van der Waals surface area contributed by atoms with Crippen molar-refractivity contribution in [1.29, 1.82) is 0 Å². The third-order valence-corrected chi connectivity index (χ3v) is 4.32.